The molecule has 0 saturated heterocycles. The van der Waals surface area contributed by atoms with Gasteiger partial charge in [-0.25, -0.2) is 0 Å². The summed E-state index contributed by atoms with van der Waals surface area (Å²) in [5.41, 5.74) is 2.08. The number of rotatable bonds is 7. The van der Waals surface area contributed by atoms with Crippen LogP contribution < -0.4 is 10.1 Å². The highest BCUT2D eigenvalue weighted by Crippen LogP contribution is 2.16. The molecule has 0 radical (unpaired) electrons. The number of anilines is 1. The van der Waals surface area contributed by atoms with Gasteiger partial charge in [0.2, 0.25) is 5.91 Å². The molecule has 1 N–H and O–H groups in total. The molecule has 0 bridgehead atoms. The maximum atomic E-state index is 11.9. The van der Waals surface area contributed by atoms with Gasteiger partial charge < -0.3 is 10.1 Å². The summed E-state index contributed by atoms with van der Waals surface area (Å²) in [5.74, 6) is 0.870. The second-order valence-corrected chi connectivity index (χ2v) is 4.84. The molecule has 0 fully saturated rings. The Morgan fingerprint density at radius 2 is 1.76 bits per heavy atom. The van der Waals surface area contributed by atoms with Crippen LogP contribution in [-0.4, -0.2) is 12.5 Å². The summed E-state index contributed by atoms with van der Waals surface area (Å²) in [4.78, 5) is 11.9. The minimum Gasteiger partial charge on any atom is -0.494 e. The molecule has 2 aromatic carbocycles. The van der Waals surface area contributed by atoms with Gasteiger partial charge in [-0.1, -0.05) is 30.3 Å². The lowest BCUT2D eigenvalue weighted by molar-refractivity contribution is -0.116. The van der Waals surface area contributed by atoms with E-state index >= 15 is 0 Å². The number of aryl methyl sites for hydroxylation is 1. The number of hydrogen-bond acceptors (Lipinski definition) is 2. The fraction of sp³-hybridized carbons (Fsp3) is 0.278. The van der Waals surface area contributed by atoms with Gasteiger partial charge in [-0.2, -0.15) is 0 Å². The van der Waals surface area contributed by atoms with Crippen LogP contribution in [-0.2, 0) is 11.2 Å². The van der Waals surface area contributed by atoms with E-state index in [1.54, 1.807) is 0 Å². The van der Waals surface area contributed by atoms with Crippen molar-refractivity contribution in [1.82, 2.24) is 0 Å². The predicted octanol–water partition coefficient (Wildman–Crippen LogP) is 4.05. The Morgan fingerprint density at radius 3 is 2.43 bits per heavy atom. The predicted molar refractivity (Wildman–Crippen MR) is 85.6 cm³/mol. The number of nitrogens with one attached hydrogen (secondary N) is 1. The molecule has 2 rings (SSSR count). The highest BCUT2D eigenvalue weighted by molar-refractivity contribution is 5.90. The van der Waals surface area contributed by atoms with E-state index in [0.29, 0.717) is 13.0 Å². The van der Waals surface area contributed by atoms with E-state index in [4.69, 9.17) is 4.74 Å². The fourth-order valence-electron chi connectivity index (χ4n) is 2.12. The van der Waals surface area contributed by atoms with E-state index in [0.717, 1.165) is 24.3 Å². The quantitative estimate of drug-likeness (QED) is 0.832. The third-order valence-corrected chi connectivity index (χ3v) is 3.16. The van der Waals surface area contributed by atoms with Crippen LogP contribution >= 0.6 is 0 Å². The van der Waals surface area contributed by atoms with Crippen LogP contribution in [0.2, 0.25) is 0 Å². The van der Waals surface area contributed by atoms with Crippen molar-refractivity contribution < 1.29 is 9.53 Å². The Bertz CT molecular complexity index is 549. The fourth-order valence-corrected chi connectivity index (χ4v) is 2.12. The van der Waals surface area contributed by atoms with Crippen molar-refractivity contribution in [3.63, 3.8) is 0 Å². The third kappa shape index (κ3) is 5.30. The van der Waals surface area contributed by atoms with Crippen molar-refractivity contribution >= 4 is 11.6 Å². The Morgan fingerprint density at radius 1 is 1.05 bits per heavy atom. The number of benzene rings is 2. The second kappa shape index (κ2) is 8.10. The van der Waals surface area contributed by atoms with Gasteiger partial charge in [0, 0.05) is 12.1 Å². The molecule has 1 amide bonds. The molecular weight excluding hydrogens is 262 g/mol. The Hall–Kier alpha value is -2.29. The van der Waals surface area contributed by atoms with Crippen molar-refractivity contribution in [3.05, 3.63) is 60.2 Å². The van der Waals surface area contributed by atoms with E-state index in [1.807, 2.05) is 49.4 Å². The molecule has 0 atom stereocenters. The molecule has 0 aliphatic heterocycles. The standard InChI is InChI=1S/C18H21NO2/c1-2-21-17-13-11-16(12-14-17)19-18(20)10-6-9-15-7-4-3-5-8-15/h3-5,7-8,11-14H,2,6,9-10H2,1H3,(H,19,20). The zero-order valence-corrected chi connectivity index (χ0v) is 12.3. The molecule has 110 valence electrons. The zero-order valence-electron chi connectivity index (χ0n) is 12.3. The van der Waals surface area contributed by atoms with Crippen molar-refractivity contribution in [2.24, 2.45) is 0 Å². The van der Waals surface area contributed by atoms with Gasteiger partial charge in [0.1, 0.15) is 5.75 Å². The maximum Gasteiger partial charge on any atom is 0.224 e. The largest absolute Gasteiger partial charge is 0.494 e. The minimum absolute atomic E-state index is 0.0510. The van der Waals surface area contributed by atoms with Crippen LogP contribution in [0.25, 0.3) is 0 Å². The Kier molecular flexibility index (Phi) is 5.83. The summed E-state index contributed by atoms with van der Waals surface area (Å²) in [7, 11) is 0. The van der Waals surface area contributed by atoms with E-state index < -0.39 is 0 Å². The molecule has 0 saturated carbocycles. The van der Waals surface area contributed by atoms with Gasteiger partial charge in [0.25, 0.3) is 0 Å². The van der Waals surface area contributed by atoms with Crippen molar-refractivity contribution in [3.8, 4) is 5.75 Å². The van der Waals surface area contributed by atoms with Gasteiger partial charge >= 0.3 is 0 Å². The first-order valence-electron chi connectivity index (χ1n) is 7.34. The summed E-state index contributed by atoms with van der Waals surface area (Å²) in [6, 6.07) is 17.7. The van der Waals surface area contributed by atoms with E-state index in [2.05, 4.69) is 17.4 Å². The summed E-state index contributed by atoms with van der Waals surface area (Å²) in [6.07, 6.45) is 2.31. The molecule has 0 aliphatic rings. The highest BCUT2D eigenvalue weighted by atomic mass is 16.5. The monoisotopic (exact) mass is 283 g/mol. The number of carbonyl (C=O) groups is 1. The lowest BCUT2D eigenvalue weighted by atomic mass is 10.1. The first-order valence-corrected chi connectivity index (χ1v) is 7.34. The molecular formula is C18H21NO2. The first kappa shape index (κ1) is 15.1. The average Bonchev–Trinajstić information content (AvgIpc) is 2.51. The molecule has 3 nitrogen and oxygen atoms in total. The average molecular weight is 283 g/mol. The van der Waals surface area contributed by atoms with Crippen LogP contribution in [0.1, 0.15) is 25.3 Å². The number of amides is 1. The molecule has 2 aromatic rings. The van der Waals surface area contributed by atoms with Gasteiger partial charge in [-0.05, 0) is 49.6 Å². The maximum absolute atomic E-state index is 11.9. The minimum atomic E-state index is 0.0510. The number of carbonyl (C=O) groups excluding carboxylic acids is 1. The SMILES string of the molecule is CCOc1ccc(NC(=O)CCCc2ccccc2)cc1. The zero-order chi connectivity index (χ0) is 14.9. The number of ether oxygens (including phenoxy) is 1. The second-order valence-electron chi connectivity index (χ2n) is 4.84. The topological polar surface area (TPSA) is 38.3 Å². The van der Waals surface area contributed by atoms with E-state index in [-0.39, 0.29) is 5.91 Å². The van der Waals surface area contributed by atoms with Crippen LogP contribution in [0.5, 0.6) is 5.75 Å². The van der Waals surface area contributed by atoms with Crippen molar-refractivity contribution in [1.29, 1.82) is 0 Å². The molecule has 0 aromatic heterocycles. The first-order chi connectivity index (χ1) is 10.3. The molecule has 0 unspecified atom stereocenters. The lowest BCUT2D eigenvalue weighted by Crippen LogP contribution is -2.11. The van der Waals surface area contributed by atoms with Gasteiger partial charge in [0.15, 0.2) is 0 Å². The van der Waals surface area contributed by atoms with Gasteiger partial charge in [-0.3, -0.25) is 4.79 Å². The highest BCUT2D eigenvalue weighted by Gasteiger charge is 2.03. The lowest BCUT2D eigenvalue weighted by Gasteiger charge is -2.07. The van der Waals surface area contributed by atoms with Crippen LogP contribution in [0.4, 0.5) is 5.69 Å². The third-order valence-electron chi connectivity index (χ3n) is 3.16. The summed E-state index contributed by atoms with van der Waals surface area (Å²) < 4.78 is 5.37. The normalized spacial score (nSPS) is 10.1. The molecule has 0 aliphatic carbocycles. The van der Waals surface area contributed by atoms with Gasteiger partial charge in [0.05, 0.1) is 6.61 Å². The molecule has 0 heterocycles. The summed E-state index contributed by atoms with van der Waals surface area (Å²) >= 11 is 0. The number of hydrogen-bond donors (Lipinski definition) is 1. The van der Waals surface area contributed by atoms with Gasteiger partial charge in [-0.15, -0.1) is 0 Å². The summed E-state index contributed by atoms with van der Waals surface area (Å²) in [5, 5.41) is 2.90. The molecule has 3 heteroatoms. The van der Waals surface area contributed by atoms with Crippen LogP contribution in [0.3, 0.4) is 0 Å². The van der Waals surface area contributed by atoms with Crippen LogP contribution in [0, 0.1) is 0 Å². The van der Waals surface area contributed by atoms with Crippen LogP contribution in [0.15, 0.2) is 54.6 Å². The Labute approximate surface area is 126 Å². The van der Waals surface area contributed by atoms with E-state index in [1.165, 1.54) is 5.56 Å². The van der Waals surface area contributed by atoms with E-state index in [9.17, 15) is 4.79 Å². The smallest absolute Gasteiger partial charge is 0.224 e. The molecule has 21 heavy (non-hydrogen) atoms. The van der Waals surface area contributed by atoms with Crippen molar-refractivity contribution in [2.75, 3.05) is 11.9 Å². The molecule has 0 spiro atoms. The summed E-state index contributed by atoms with van der Waals surface area (Å²) in [6.45, 7) is 2.59. The Balaban J connectivity index is 1.74. The van der Waals surface area contributed by atoms with Crippen molar-refractivity contribution in [2.45, 2.75) is 26.2 Å².